The number of carbonyl (C=O) groups excluding carboxylic acids is 1. The largest absolute Gasteiger partial charge is 0.311 e. The second-order valence-electron chi connectivity index (χ2n) is 5.18. The summed E-state index contributed by atoms with van der Waals surface area (Å²) in [4.78, 5) is 14.3. The van der Waals surface area contributed by atoms with Gasteiger partial charge >= 0.3 is 0 Å². The van der Waals surface area contributed by atoms with Gasteiger partial charge in [-0.05, 0) is 36.8 Å². The van der Waals surface area contributed by atoms with E-state index in [9.17, 15) is 13.2 Å². The molecule has 0 unspecified atom stereocenters. The molecule has 6 heteroatoms. The van der Waals surface area contributed by atoms with E-state index in [1.807, 2.05) is 30.3 Å². The minimum Gasteiger partial charge on any atom is -0.311 e. The van der Waals surface area contributed by atoms with E-state index in [4.69, 9.17) is 0 Å². The maximum Gasteiger partial charge on any atom is 0.258 e. The molecule has 1 N–H and O–H groups in total. The van der Waals surface area contributed by atoms with E-state index in [2.05, 4.69) is 4.72 Å². The summed E-state index contributed by atoms with van der Waals surface area (Å²) in [5.74, 6) is -0.248. The van der Waals surface area contributed by atoms with Crippen LogP contribution in [0.15, 0.2) is 53.4 Å². The first-order chi connectivity index (χ1) is 10.9. The molecule has 2 aromatic rings. The van der Waals surface area contributed by atoms with Crippen molar-refractivity contribution in [3.05, 3.63) is 59.7 Å². The fraction of sp³-hybridized carbons (Fsp3) is 0.235. The van der Waals surface area contributed by atoms with Crippen LogP contribution in [0.3, 0.4) is 0 Å². The third-order valence-electron chi connectivity index (χ3n) is 3.53. The monoisotopic (exact) mass is 332 g/mol. The van der Waals surface area contributed by atoms with Gasteiger partial charge in [0.25, 0.3) is 5.91 Å². The van der Waals surface area contributed by atoms with E-state index in [1.54, 1.807) is 27.0 Å². The highest BCUT2D eigenvalue weighted by atomic mass is 32.2. The lowest BCUT2D eigenvalue weighted by molar-refractivity contribution is 0.0992. The average molecular weight is 332 g/mol. The highest BCUT2D eigenvalue weighted by molar-refractivity contribution is 7.89. The number of hydrogen-bond donors (Lipinski definition) is 1. The Balaban J connectivity index is 2.41. The van der Waals surface area contributed by atoms with Gasteiger partial charge in [-0.3, -0.25) is 4.79 Å². The lowest BCUT2D eigenvalue weighted by Gasteiger charge is -2.19. The highest BCUT2D eigenvalue weighted by Crippen LogP contribution is 2.20. The quantitative estimate of drug-likeness (QED) is 0.915. The van der Waals surface area contributed by atoms with Gasteiger partial charge in [-0.1, -0.05) is 31.2 Å². The Labute approximate surface area is 137 Å². The van der Waals surface area contributed by atoms with Crippen LogP contribution in [0, 0.1) is 6.92 Å². The van der Waals surface area contributed by atoms with Gasteiger partial charge in [0.2, 0.25) is 10.0 Å². The number of hydrogen-bond acceptors (Lipinski definition) is 3. The molecule has 2 rings (SSSR count). The Kier molecular flexibility index (Phi) is 5.18. The topological polar surface area (TPSA) is 66.5 Å². The standard InChI is InChI=1S/C17H20N2O3S/c1-4-18-23(21,22)15-11-10-13(2)16(12-15)17(20)19(3)14-8-6-5-7-9-14/h5-12,18H,4H2,1-3H3. The zero-order valence-corrected chi connectivity index (χ0v) is 14.2. The second kappa shape index (κ2) is 6.93. The molecule has 122 valence electrons. The van der Waals surface area contributed by atoms with Crippen molar-refractivity contribution in [3.8, 4) is 0 Å². The number of nitrogens with one attached hydrogen (secondary N) is 1. The predicted molar refractivity (Wildman–Crippen MR) is 91.2 cm³/mol. The molecule has 0 saturated carbocycles. The molecule has 5 nitrogen and oxygen atoms in total. The molecule has 0 aliphatic carbocycles. The number of amides is 1. The van der Waals surface area contributed by atoms with Crippen molar-refractivity contribution in [2.45, 2.75) is 18.7 Å². The lowest BCUT2D eigenvalue weighted by Crippen LogP contribution is -2.28. The molecule has 23 heavy (non-hydrogen) atoms. The summed E-state index contributed by atoms with van der Waals surface area (Å²) in [5, 5.41) is 0. The molecule has 0 spiro atoms. The molecule has 0 aromatic heterocycles. The molecule has 0 bridgehead atoms. The smallest absolute Gasteiger partial charge is 0.258 e. The minimum absolute atomic E-state index is 0.0924. The van der Waals surface area contributed by atoms with Crippen LogP contribution < -0.4 is 9.62 Å². The minimum atomic E-state index is -3.59. The Hall–Kier alpha value is -2.18. The first-order valence-corrected chi connectivity index (χ1v) is 8.78. The molecule has 1 amide bonds. The van der Waals surface area contributed by atoms with Crippen molar-refractivity contribution in [3.63, 3.8) is 0 Å². The fourth-order valence-corrected chi connectivity index (χ4v) is 3.29. The van der Waals surface area contributed by atoms with Gasteiger partial charge < -0.3 is 4.90 Å². The maximum atomic E-state index is 12.7. The van der Waals surface area contributed by atoms with E-state index in [1.165, 1.54) is 17.0 Å². The summed E-state index contributed by atoms with van der Waals surface area (Å²) in [6.45, 7) is 3.79. The summed E-state index contributed by atoms with van der Waals surface area (Å²) in [5.41, 5.74) is 1.85. The van der Waals surface area contributed by atoms with Crippen LogP contribution >= 0.6 is 0 Å². The van der Waals surface area contributed by atoms with Crippen molar-refractivity contribution in [1.82, 2.24) is 4.72 Å². The van der Waals surface area contributed by atoms with Crippen LogP contribution in [0.25, 0.3) is 0 Å². The van der Waals surface area contributed by atoms with Gasteiger partial charge in [-0.25, -0.2) is 13.1 Å². The number of aryl methyl sites for hydroxylation is 1. The van der Waals surface area contributed by atoms with E-state index in [0.717, 1.165) is 11.3 Å². The van der Waals surface area contributed by atoms with Crippen LogP contribution in [0.4, 0.5) is 5.69 Å². The molecule has 0 aliphatic heterocycles. The Morgan fingerprint density at radius 3 is 2.39 bits per heavy atom. The maximum absolute atomic E-state index is 12.7. The number of anilines is 1. The van der Waals surface area contributed by atoms with Gasteiger partial charge in [0.05, 0.1) is 4.90 Å². The van der Waals surface area contributed by atoms with Crippen LogP contribution in [0.1, 0.15) is 22.8 Å². The van der Waals surface area contributed by atoms with Crippen molar-refractivity contribution in [2.24, 2.45) is 0 Å². The number of rotatable bonds is 5. The number of para-hydroxylation sites is 1. The first kappa shape index (κ1) is 17.2. The third-order valence-corrected chi connectivity index (χ3v) is 5.08. The molecular formula is C17H20N2O3S. The molecule has 0 aliphatic rings. The molecule has 0 fully saturated rings. The second-order valence-corrected chi connectivity index (χ2v) is 6.94. The summed E-state index contributed by atoms with van der Waals surface area (Å²) >= 11 is 0. The van der Waals surface area contributed by atoms with E-state index >= 15 is 0 Å². The van der Waals surface area contributed by atoms with Gasteiger partial charge in [0, 0.05) is 24.8 Å². The molecule has 0 atom stereocenters. The zero-order valence-electron chi connectivity index (χ0n) is 13.4. The van der Waals surface area contributed by atoms with Crippen molar-refractivity contribution in [1.29, 1.82) is 0 Å². The van der Waals surface area contributed by atoms with Crippen molar-refractivity contribution >= 4 is 21.6 Å². The molecule has 2 aromatic carbocycles. The average Bonchev–Trinajstić information content (AvgIpc) is 2.54. The summed E-state index contributed by atoms with van der Waals surface area (Å²) in [6, 6.07) is 13.8. The Morgan fingerprint density at radius 2 is 1.78 bits per heavy atom. The molecule has 0 radical (unpaired) electrons. The van der Waals surface area contributed by atoms with Crippen LogP contribution in [-0.2, 0) is 10.0 Å². The van der Waals surface area contributed by atoms with E-state index in [0.29, 0.717) is 12.1 Å². The summed E-state index contributed by atoms with van der Waals surface area (Å²) in [6.07, 6.45) is 0. The van der Waals surface area contributed by atoms with Crippen LogP contribution in [0.2, 0.25) is 0 Å². The van der Waals surface area contributed by atoms with Crippen LogP contribution in [0.5, 0.6) is 0 Å². The first-order valence-electron chi connectivity index (χ1n) is 7.30. The number of carbonyl (C=O) groups is 1. The summed E-state index contributed by atoms with van der Waals surface area (Å²) in [7, 11) is -1.92. The van der Waals surface area contributed by atoms with E-state index < -0.39 is 10.0 Å². The highest BCUT2D eigenvalue weighted by Gasteiger charge is 2.20. The van der Waals surface area contributed by atoms with Crippen LogP contribution in [-0.4, -0.2) is 27.9 Å². The number of benzene rings is 2. The van der Waals surface area contributed by atoms with Gasteiger partial charge in [0.1, 0.15) is 0 Å². The summed E-state index contributed by atoms with van der Waals surface area (Å²) < 4.78 is 26.7. The molecule has 0 saturated heterocycles. The Bertz CT molecular complexity index is 802. The van der Waals surface area contributed by atoms with Gasteiger partial charge in [0.15, 0.2) is 0 Å². The number of nitrogens with zero attached hydrogens (tertiary/aromatic N) is 1. The fourth-order valence-electron chi connectivity index (χ4n) is 2.22. The lowest BCUT2D eigenvalue weighted by atomic mass is 10.1. The van der Waals surface area contributed by atoms with Gasteiger partial charge in [-0.15, -0.1) is 0 Å². The van der Waals surface area contributed by atoms with Crippen molar-refractivity contribution < 1.29 is 13.2 Å². The predicted octanol–water partition coefficient (Wildman–Crippen LogP) is 2.57. The normalized spacial score (nSPS) is 11.3. The zero-order chi connectivity index (χ0) is 17.0. The molecular weight excluding hydrogens is 312 g/mol. The van der Waals surface area contributed by atoms with Gasteiger partial charge in [-0.2, -0.15) is 0 Å². The Morgan fingerprint density at radius 1 is 1.13 bits per heavy atom. The third kappa shape index (κ3) is 3.78. The molecule has 0 heterocycles. The van der Waals surface area contributed by atoms with E-state index in [-0.39, 0.29) is 10.8 Å². The van der Waals surface area contributed by atoms with Crippen molar-refractivity contribution in [2.75, 3.05) is 18.5 Å². The number of sulfonamides is 1. The SMILES string of the molecule is CCNS(=O)(=O)c1ccc(C)c(C(=O)N(C)c2ccccc2)c1.